The molecule has 0 radical (unpaired) electrons. The number of hydrogen-bond donors (Lipinski definition) is 2. The van der Waals surface area contributed by atoms with Crippen LogP contribution >= 0.6 is 0 Å². The average molecular weight is 236 g/mol. The van der Waals surface area contributed by atoms with Gasteiger partial charge < -0.3 is 0 Å². The first-order chi connectivity index (χ1) is 8.26. The zero-order chi connectivity index (χ0) is 12.3. The van der Waals surface area contributed by atoms with Crippen molar-refractivity contribution in [2.75, 3.05) is 0 Å². The van der Waals surface area contributed by atoms with Crippen molar-refractivity contribution < 1.29 is 0 Å². The Labute approximate surface area is 104 Å². The van der Waals surface area contributed by atoms with Crippen molar-refractivity contribution >= 4 is 0 Å². The maximum absolute atomic E-state index is 5.76. The quantitative estimate of drug-likeness (QED) is 0.609. The van der Waals surface area contributed by atoms with Crippen LogP contribution in [0.3, 0.4) is 0 Å². The molecule has 1 aromatic rings. The number of hydrogen-bond acceptors (Lipinski definition) is 3. The van der Waals surface area contributed by atoms with Crippen molar-refractivity contribution in [2.45, 2.75) is 52.1 Å². The van der Waals surface area contributed by atoms with Gasteiger partial charge in [-0.05, 0) is 37.2 Å². The zero-order valence-electron chi connectivity index (χ0n) is 10.9. The first-order valence-corrected chi connectivity index (χ1v) is 6.74. The topological polar surface area (TPSA) is 55.9 Å². The standard InChI is InChI=1S/C13H24N4/c1-3-8-17-12(6-7-15-17)13(16-14)11-5-4-10(2)9-11/h6-7,10-11,13,16H,3-5,8-9,14H2,1-2H3. The second-order valence-electron chi connectivity index (χ2n) is 5.30. The third kappa shape index (κ3) is 2.69. The minimum Gasteiger partial charge on any atom is -0.271 e. The maximum atomic E-state index is 5.76. The SMILES string of the molecule is CCCn1nccc1C(NN)C1CCC(C)C1. The number of aryl methyl sites for hydroxylation is 1. The van der Waals surface area contributed by atoms with Gasteiger partial charge in [0.25, 0.3) is 0 Å². The number of nitrogens with zero attached hydrogens (tertiary/aromatic N) is 2. The lowest BCUT2D eigenvalue weighted by Crippen LogP contribution is -2.34. The van der Waals surface area contributed by atoms with Crippen LogP contribution in [0.15, 0.2) is 12.3 Å². The molecule has 0 bridgehead atoms. The predicted octanol–water partition coefficient (Wildman–Crippen LogP) is 2.23. The van der Waals surface area contributed by atoms with Gasteiger partial charge in [0.1, 0.15) is 0 Å². The molecule has 96 valence electrons. The molecule has 0 amide bonds. The molecule has 2 rings (SSSR count). The van der Waals surface area contributed by atoms with Crippen LogP contribution in [0.5, 0.6) is 0 Å². The van der Waals surface area contributed by atoms with E-state index in [0.717, 1.165) is 18.9 Å². The molecule has 0 saturated heterocycles. The molecule has 3 unspecified atom stereocenters. The van der Waals surface area contributed by atoms with Crippen molar-refractivity contribution in [2.24, 2.45) is 17.7 Å². The third-order valence-electron chi connectivity index (χ3n) is 3.89. The molecule has 4 nitrogen and oxygen atoms in total. The van der Waals surface area contributed by atoms with Gasteiger partial charge in [-0.1, -0.05) is 20.3 Å². The Morgan fingerprint density at radius 2 is 2.41 bits per heavy atom. The fourth-order valence-corrected chi connectivity index (χ4v) is 3.02. The number of rotatable bonds is 5. The van der Waals surface area contributed by atoms with Gasteiger partial charge in [0, 0.05) is 12.7 Å². The van der Waals surface area contributed by atoms with E-state index in [4.69, 9.17) is 5.84 Å². The van der Waals surface area contributed by atoms with E-state index in [1.54, 1.807) is 0 Å². The van der Waals surface area contributed by atoms with E-state index in [0.29, 0.717) is 5.92 Å². The van der Waals surface area contributed by atoms with Crippen molar-refractivity contribution in [1.29, 1.82) is 0 Å². The lowest BCUT2D eigenvalue weighted by Gasteiger charge is -2.23. The molecule has 1 aliphatic carbocycles. The smallest absolute Gasteiger partial charge is 0.0657 e. The van der Waals surface area contributed by atoms with Crippen molar-refractivity contribution in [3.8, 4) is 0 Å². The van der Waals surface area contributed by atoms with Gasteiger partial charge >= 0.3 is 0 Å². The fourth-order valence-electron chi connectivity index (χ4n) is 3.02. The minimum atomic E-state index is 0.258. The van der Waals surface area contributed by atoms with Crippen LogP contribution in [0.1, 0.15) is 51.3 Å². The number of nitrogens with one attached hydrogen (secondary N) is 1. The van der Waals surface area contributed by atoms with Crippen LogP contribution in [0.2, 0.25) is 0 Å². The van der Waals surface area contributed by atoms with Crippen LogP contribution < -0.4 is 11.3 Å². The van der Waals surface area contributed by atoms with E-state index in [2.05, 4.69) is 35.1 Å². The summed E-state index contributed by atoms with van der Waals surface area (Å²) in [7, 11) is 0. The van der Waals surface area contributed by atoms with Crippen LogP contribution in [0.25, 0.3) is 0 Å². The number of hydrazine groups is 1. The molecule has 0 aliphatic heterocycles. The first kappa shape index (κ1) is 12.6. The average Bonchev–Trinajstić information content (AvgIpc) is 2.91. The second kappa shape index (κ2) is 5.65. The second-order valence-corrected chi connectivity index (χ2v) is 5.30. The highest BCUT2D eigenvalue weighted by atomic mass is 15.3. The molecule has 4 heteroatoms. The van der Waals surface area contributed by atoms with Crippen LogP contribution in [0, 0.1) is 11.8 Å². The molecule has 1 saturated carbocycles. The van der Waals surface area contributed by atoms with Gasteiger partial charge in [0.15, 0.2) is 0 Å². The minimum absolute atomic E-state index is 0.258. The maximum Gasteiger partial charge on any atom is 0.0657 e. The van der Waals surface area contributed by atoms with Crippen LogP contribution in [-0.2, 0) is 6.54 Å². The summed E-state index contributed by atoms with van der Waals surface area (Å²) in [5, 5.41) is 4.39. The number of nitrogens with two attached hydrogens (primary N) is 1. The number of aromatic nitrogens is 2. The van der Waals surface area contributed by atoms with E-state index in [1.165, 1.54) is 25.0 Å². The van der Waals surface area contributed by atoms with E-state index >= 15 is 0 Å². The largest absolute Gasteiger partial charge is 0.271 e. The Morgan fingerprint density at radius 3 is 3.00 bits per heavy atom. The molecule has 1 aliphatic rings. The van der Waals surface area contributed by atoms with Gasteiger partial charge in [-0.15, -0.1) is 0 Å². The summed E-state index contributed by atoms with van der Waals surface area (Å²) in [5.41, 5.74) is 4.25. The first-order valence-electron chi connectivity index (χ1n) is 6.74. The fraction of sp³-hybridized carbons (Fsp3) is 0.769. The Kier molecular flexibility index (Phi) is 4.18. The summed E-state index contributed by atoms with van der Waals surface area (Å²) in [6, 6.07) is 2.36. The highest BCUT2D eigenvalue weighted by molar-refractivity contribution is 5.09. The van der Waals surface area contributed by atoms with Gasteiger partial charge in [0.05, 0.1) is 11.7 Å². The summed E-state index contributed by atoms with van der Waals surface area (Å²) in [4.78, 5) is 0. The van der Waals surface area contributed by atoms with E-state index in [1.807, 2.05) is 6.20 Å². The highest BCUT2D eigenvalue weighted by Gasteiger charge is 2.30. The van der Waals surface area contributed by atoms with Crippen molar-refractivity contribution in [3.63, 3.8) is 0 Å². The Hall–Kier alpha value is -0.870. The molecular weight excluding hydrogens is 212 g/mol. The lowest BCUT2D eigenvalue weighted by molar-refractivity contribution is 0.341. The van der Waals surface area contributed by atoms with E-state index in [-0.39, 0.29) is 6.04 Å². The summed E-state index contributed by atoms with van der Waals surface area (Å²) < 4.78 is 2.09. The molecule has 0 spiro atoms. The van der Waals surface area contributed by atoms with Crippen LogP contribution in [-0.4, -0.2) is 9.78 Å². The third-order valence-corrected chi connectivity index (χ3v) is 3.89. The molecule has 3 atom stereocenters. The normalized spacial score (nSPS) is 26.3. The van der Waals surface area contributed by atoms with E-state index in [9.17, 15) is 0 Å². The van der Waals surface area contributed by atoms with E-state index < -0.39 is 0 Å². The Bertz CT molecular complexity index is 347. The monoisotopic (exact) mass is 236 g/mol. The molecule has 1 aromatic heterocycles. The summed E-state index contributed by atoms with van der Waals surface area (Å²) in [6.07, 6.45) is 6.85. The van der Waals surface area contributed by atoms with Crippen LogP contribution in [0.4, 0.5) is 0 Å². The van der Waals surface area contributed by atoms with Gasteiger partial charge in [0.2, 0.25) is 0 Å². The van der Waals surface area contributed by atoms with Gasteiger partial charge in [-0.3, -0.25) is 16.0 Å². The zero-order valence-corrected chi connectivity index (χ0v) is 10.9. The molecular formula is C13H24N4. The van der Waals surface area contributed by atoms with Gasteiger partial charge in [-0.2, -0.15) is 5.10 Å². The van der Waals surface area contributed by atoms with Gasteiger partial charge in [-0.25, -0.2) is 0 Å². The predicted molar refractivity (Wildman–Crippen MR) is 69.1 cm³/mol. The molecule has 3 N–H and O–H groups in total. The molecule has 1 heterocycles. The summed E-state index contributed by atoms with van der Waals surface area (Å²) in [6.45, 7) is 5.48. The Balaban J connectivity index is 2.14. The van der Waals surface area contributed by atoms with Crippen molar-refractivity contribution in [1.82, 2.24) is 15.2 Å². The van der Waals surface area contributed by atoms with Crippen molar-refractivity contribution in [3.05, 3.63) is 18.0 Å². The Morgan fingerprint density at radius 1 is 1.59 bits per heavy atom. The lowest BCUT2D eigenvalue weighted by atomic mass is 9.95. The molecule has 0 aromatic carbocycles. The summed E-state index contributed by atoms with van der Waals surface area (Å²) in [5.74, 6) is 7.25. The molecule has 1 fully saturated rings. The highest BCUT2D eigenvalue weighted by Crippen LogP contribution is 2.38. The summed E-state index contributed by atoms with van der Waals surface area (Å²) >= 11 is 0. The molecule has 17 heavy (non-hydrogen) atoms.